The van der Waals surface area contributed by atoms with Gasteiger partial charge in [-0.15, -0.1) is 11.3 Å². The van der Waals surface area contributed by atoms with Crippen LogP contribution in [0.1, 0.15) is 28.1 Å². The number of rotatable bonds is 6. The number of nitrogens with one attached hydrogen (secondary N) is 1. The van der Waals surface area contributed by atoms with Gasteiger partial charge in [-0.1, -0.05) is 23.5 Å². The maximum Gasteiger partial charge on any atom is 0.261 e. The van der Waals surface area contributed by atoms with Gasteiger partial charge in [0.15, 0.2) is 5.13 Å². The Hall–Kier alpha value is -2.82. The summed E-state index contributed by atoms with van der Waals surface area (Å²) in [7, 11) is -3.62. The molecule has 4 aromatic rings. The minimum absolute atomic E-state index is 0.165. The van der Waals surface area contributed by atoms with Gasteiger partial charge in [-0.3, -0.25) is 9.78 Å². The zero-order valence-corrected chi connectivity index (χ0v) is 19.5. The number of thiophene rings is 1. The van der Waals surface area contributed by atoms with E-state index in [1.807, 2.05) is 12.1 Å². The van der Waals surface area contributed by atoms with Gasteiger partial charge in [-0.05, 0) is 48.1 Å². The molecule has 1 aliphatic heterocycles. The molecule has 5 rings (SSSR count). The third-order valence-electron chi connectivity index (χ3n) is 5.35. The quantitative estimate of drug-likeness (QED) is 0.443. The normalized spacial score (nSPS) is 14.2. The van der Waals surface area contributed by atoms with Crippen LogP contribution < -0.4 is 10.2 Å². The average Bonchev–Trinajstić information content (AvgIpc) is 3.57. The van der Waals surface area contributed by atoms with Crippen molar-refractivity contribution < 1.29 is 13.2 Å². The third kappa shape index (κ3) is 4.13. The van der Waals surface area contributed by atoms with Crippen molar-refractivity contribution in [2.75, 3.05) is 18.0 Å². The van der Waals surface area contributed by atoms with Crippen LogP contribution in [0.15, 0.2) is 64.1 Å². The van der Waals surface area contributed by atoms with E-state index in [1.54, 1.807) is 36.7 Å². The molecule has 0 unspecified atom stereocenters. The highest BCUT2D eigenvalue weighted by Gasteiger charge is 2.23. The lowest BCUT2D eigenvalue weighted by molar-refractivity contribution is 0.0955. The Labute approximate surface area is 193 Å². The van der Waals surface area contributed by atoms with Gasteiger partial charge in [0.05, 0.1) is 20.7 Å². The number of amides is 1. The van der Waals surface area contributed by atoms with Crippen LogP contribution in [0.3, 0.4) is 0 Å². The molecule has 3 aromatic heterocycles. The SMILES string of the molecule is O=C(NCc1ccc(S(=O)(=O)c2cnc(N3CCCC3)s2)cc1)c1cc2ccncc2s1. The zero-order valence-electron chi connectivity index (χ0n) is 17.0. The number of pyridine rings is 1. The van der Waals surface area contributed by atoms with Crippen molar-refractivity contribution in [3.8, 4) is 0 Å². The van der Waals surface area contributed by atoms with Crippen LogP contribution in [0.25, 0.3) is 10.1 Å². The minimum atomic E-state index is -3.62. The standard InChI is InChI=1S/C22H20N4O3S3/c27-21(18-11-16-7-8-23-13-19(16)30-18)24-12-15-3-5-17(6-4-15)32(28,29)20-14-25-22(31-20)26-9-1-2-10-26/h3-8,11,13-14H,1-2,9-10,12H2,(H,24,27). The van der Waals surface area contributed by atoms with E-state index in [-0.39, 0.29) is 15.0 Å². The number of thiazole rings is 1. The first-order chi connectivity index (χ1) is 15.5. The van der Waals surface area contributed by atoms with Crippen LogP contribution >= 0.6 is 22.7 Å². The Bertz CT molecular complexity index is 1340. The first-order valence-electron chi connectivity index (χ1n) is 10.2. The Balaban J connectivity index is 1.25. The van der Waals surface area contributed by atoms with E-state index in [0.717, 1.165) is 46.7 Å². The summed E-state index contributed by atoms with van der Waals surface area (Å²) in [6, 6.07) is 10.3. The van der Waals surface area contributed by atoms with Gasteiger partial charge in [0.2, 0.25) is 9.84 Å². The van der Waals surface area contributed by atoms with E-state index in [1.165, 1.54) is 28.9 Å². The monoisotopic (exact) mass is 484 g/mol. The number of carbonyl (C=O) groups excluding carboxylic acids is 1. The van der Waals surface area contributed by atoms with Crippen molar-refractivity contribution in [2.24, 2.45) is 0 Å². The number of fused-ring (bicyclic) bond motifs is 1. The first-order valence-corrected chi connectivity index (χ1v) is 13.3. The lowest BCUT2D eigenvalue weighted by Crippen LogP contribution is -2.21. The number of sulfone groups is 1. The van der Waals surface area contributed by atoms with Gasteiger partial charge < -0.3 is 10.2 Å². The summed E-state index contributed by atoms with van der Waals surface area (Å²) in [6.45, 7) is 2.16. The molecule has 1 aliphatic rings. The van der Waals surface area contributed by atoms with Crippen molar-refractivity contribution in [3.05, 3.63) is 65.4 Å². The van der Waals surface area contributed by atoms with Gasteiger partial charge in [-0.25, -0.2) is 13.4 Å². The van der Waals surface area contributed by atoms with Crippen molar-refractivity contribution in [2.45, 2.75) is 28.5 Å². The molecule has 1 fully saturated rings. The highest BCUT2D eigenvalue weighted by Crippen LogP contribution is 2.32. The van der Waals surface area contributed by atoms with Gasteiger partial charge in [0.1, 0.15) is 4.21 Å². The first kappa shape index (κ1) is 21.0. The molecule has 1 aromatic carbocycles. The fraction of sp³-hybridized carbons (Fsp3) is 0.227. The topological polar surface area (TPSA) is 92.3 Å². The summed E-state index contributed by atoms with van der Waals surface area (Å²) in [6.07, 6.45) is 7.11. The summed E-state index contributed by atoms with van der Waals surface area (Å²) in [5.74, 6) is -0.165. The number of carbonyl (C=O) groups is 1. The molecule has 0 saturated carbocycles. The Morgan fingerprint density at radius 3 is 2.59 bits per heavy atom. The maximum atomic E-state index is 13.0. The predicted octanol–water partition coefficient (Wildman–Crippen LogP) is 4.12. The fourth-order valence-corrected chi connectivity index (χ4v) is 7.12. The van der Waals surface area contributed by atoms with E-state index < -0.39 is 9.84 Å². The molecule has 0 radical (unpaired) electrons. The Morgan fingerprint density at radius 2 is 1.84 bits per heavy atom. The summed E-state index contributed by atoms with van der Waals surface area (Å²) in [5.41, 5.74) is 0.821. The van der Waals surface area contributed by atoms with Crippen LogP contribution in [0.2, 0.25) is 0 Å². The van der Waals surface area contributed by atoms with Crippen molar-refractivity contribution in [1.29, 1.82) is 0 Å². The summed E-state index contributed by atoms with van der Waals surface area (Å²) in [5, 5.41) is 4.64. The molecule has 0 aliphatic carbocycles. The molecule has 1 saturated heterocycles. The number of aromatic nitrogens is 2. The smallest absolute Gasteiger partial charge is 0.261 e. The molecule has 32 heavy (non-hydrogen) atoms. The third-order valence-corrected chi connectivity index (χ3v) is 9.72. The molecule has 1 N–H and O–H groups in total. The predicted molar refractivity (Wildman–Crippen MR) is 126 cm³/mol. The minimum Gasteiger partial charge on any atom is -0.348 e. The largest absolute Gasteiger partial charge is 0.348 e. The van der Waals surface area contributed by atoms with E-state index in [2.05, 4.69) is 20.2 Å². The molecule has 7 nitrogen and oxygen atoms in total. The average molecular weight is 485 g/mol. The van der Waals surface area contributed by atoms with Crippen molar-refractivity contribution in [3.63, 3.8) is 0 Å². The van der Waals surface area contributed by atoms with Crippen LogP contribution in [0, 0.1) is 0 Å². The number of anilines is 1. The van der Waals surface area contributed by atoms with Crippen LogP contribution in [-0.2, 0) is 16.4 Å². The Kier molecular flexibility index (Phi) is 5.66. The van der Waals surface area contributed by atoms with E-state index in [9.17, 15) is 13.2 Å². The second-order valence-electron chi connectivity index (χ2n) is 7.51. The number of nitrogens with zero attached hydrogens (tertiary/aromatic N) is 3. The van der Waals surface area contributed by atoms with Gasteiger partial charge in [-0.2, -0.15) is 0 Å². The van der Waals surface area contributed by atoms with Crippen molar-refractivity contribution >= 4 is 53.6 Å². The van der Waals surface area contributed by atoms with Gasteiger partial charge in [0, 0.05) is 32.0 Å². The lowest BCUT2D eigenvalue weighted by Gasteiger charge is -2.12. The molecule has 10 heteroatoms. The van der Waals surface area contributed by atoms with E-state index in [0.29, 0.717) is 11.4 Å². The lowest BCUT2D eigenvalue weighted by atomic mass is 10.2. The molecule has 4 heterocycles. The second kappa shape index (κ2) is 8.61. The van der Waals surface area contributed by atoms with Crippen LogP contribution in [-0.4, -0.2) is 37.4 Å². The van der Waals surface area contributed by atoms with E-state index >= 15 is 0 Å². The molecule has 1 amide bonds. The van der Waals surface area contributed by atoms with Crippen LogP contribution in [0.4, 0.5) is 5.13 Å². The summed E-state index contributed by atoms with van der Waals surface area (Å²) in [4.78, 5) is 23.8. The number of hydrogen-bond donors (Lipinski definition) is 1. The highest BCUT2D eigenvalue weighted by atomic mass is 32.2. The second-order valence-corrected chi connectivity index (χ2v) is 11.8. The molecule has 164 valence electrons. The fourth-order valence-electron chi connectivity index (χ4n) is 3.60. The van der Waals surface area contributed by atoms with Crippen molar-refractivity contribution in [1.82, 2.24) is 15.3 Å². The molecular weight excluding hydrogens is 464 g/mol. The highest BCUT2D eigenvalue weighted by molar-refractivity contribution is 7.93. The van der Waals surface area contributed by atoms with Gasteiger partial charge >= 0.3 is 0 Å². The molecular formula is C22H20N4O3S3. The number of benzene rings is 1. The van der Waals surface area contributed by atoms with Gasteiger partial charge in [0.25, 0.3) is 5.91 Å². The van der Waals surface area contributed by atoms with Crippen LogP contribution in [0.5, 0.6) is 0 Å². The zero-order chi connectivity index (χ0) is 22.1. The molecule has 0 bridgehead atoms. The molecule has 0 atom stereocenters. The molecule has 0 spiro atoms. The number of hydrogen-bond acceptors (Lipinski definition) is 8. The maximum absolute atomic E-state index is 13.0. The summed E-state index contributed by atoms with van der Waals surface area (Å²) >= 11 is 2.61. The summed E-state index contributed by atoms with van der Waals surface area (Å²) < 4.78 is 27.2. The Morgan fingerprint density at radius 1 is 1.06 bits per heavy atom. The van der Waals surface area contributed by atoms with E-state index in [4.69, 9.17) is 0 Å².